The fourth-order valence-corrected chi connectivity index (χ4v) is 3.44. The Morgan fingerprint density at radius 2 is 2.05 bits per heavy atom. The Labute approximate surface area is 114 Å². The number of aromatic nitrogens is 1. The zero-order valence-corrected chi connectivity index (χ0v) is 11.7. The Bertz CT molecular complexity index is 805. The molecule has 1 atom stereocenters. The normalized spacial score (nSPS) is 14.5. The highest BCUT2D eigenvalue weighted by Crippen LogP contribution is 2.21. The van der Waals surface area contributed by atoms with Gasteiger partial charge in [-0.25, -0.2) is 8.57 Å². The number of hydrogen-bond donors (Lipinski definition) is 0. The molecule has 0 saturated heterocycles. The molecule has 19 heavy (non-hydrogen) atoms. The number of hydrogen-bond acceptors (Lipinski definition) is 3. The lowest BCUT2D eigenvalue weighted by atomic mass is 10.3. The SMILES string of the molecule is [3H]c1ccn(-c2ccccc2S(=O)(CC)=NC)c(=O)c1. The second kappa shape index (κ2) is 5.40. The van der Waals surface area contributed by atoms with Gasteiger partial charge >= 0.3 is 0 Å². The number of nitrogens with zero attached hydrogens (tertiary/aromatic N) is 2. The van der Waals surface area contributed by atoms with E-state index in [2.05, 4.69) is 4.36 Å². The molecule has 0 spiro atoms. The topological polar surface area (TPSA) is 51.4 Å². The standard InChI is InChI=1S/C14H16N2O2S/c1-3-19(18,15-2)13-9-5-4-8-12(13)16-11-7-6-10-14(16)17/h4-11H,3H2,1-2H3/i6T. The molecule has 1 heterocycles. The summed E-state index contributed by atoms with van der Waals surface area (Å²) in [5.74, 6) is 0.381. The maximum atomic E-state index is 12.8. The van der Waals surface area contributed by atoms with Gasteiger partial charge in [0.25, 0.3) is 5.56 Å². The van der Waals surface area contributed by atoms with Crippen LogP contribution in [0.5, 0.6) is 0 Å². The number of para-hydroxylation sites is 1. The molecule has 0 amide bonds. The van der Waals surface area contributed by atoms with Crippen molar-refractivity contribution in [2.24, 2.45) is 4.36 Å². The van der Waals surface area contributed by atoms with Gasteiger partial charge in [-0.2, -0.15) is 0 Å². The molecule has 0 radical (unpaired) electrons. The van der Waals surface area contributed by atoms with Gasteiger partial charge in [-0.3, -0.25) is 9.36 Å². The molecule has 0 saturated carbocycles. The lowest BCUT2D eigenvalue weighted by Crippen LogP contribution is -2.18. The highest BCUT2D eigenvalue weighted by Gasteiger charge is 2.15. The van der Waals surface area contributed by atoms with Crippen molar-refractivity contribution in [1.29, 1.82) is 0 Å². The van der Waals surface area contributed by atoms with Crippen LogP contribution in [-0.4, -0.2) is 21.6 Å². The first-order chi connectivity index (χ1) is 9.51. The first kappa shape index (κ1) is 12.2. The van der Waals surface area contributed by atoms with Gasteiger partial charge in [0, 0.05) is 25.1 Å². The maximum Gasteiger partial charge on any atom is 0.255 e. The first-order valence-electron chi connectivity index (χ1n) is 6.43. The van der Waals surface area contributed by atoms with Crippen molar-refractivity contribution in [3.8, 4) is 5.69 Å². The summed E-state index contributed by atoms with van der Waals surface area (Å²) in [5.41, 5.74) is 0.230. The molecule has 100 valence electrons. The van der Waals surface area contributed by atoms with Gasteiger partial charge in [-0.1, -0.05) is 25.1 Å². The fourth-order valence-electron chi connectivity index (χ4n) is 1.89. The Morgan fingerprint density at radius 1 is 1.32 bits per heavy atom. The van der Waals surface area contributed by atoms with Crippen LogP contribution in [-0.2, 0) is 9.73 Å². The van der Waals surface area contributed by atoms with E-state index in [0.717, 1.165) is 0 Å². The van der Waals surface area contributed by atoms with Crippen LogP contribution in [0.3, 0.4) is 0 Å². The Hall–Kier alpha value is -1.88. The largest absolute Gasteiger partial charge is 0.283 e. The van der Waals surface area contributed by atoms with Gasteiger partial charge in [0.05, 0.1) is 21.7 Å². The molecular formula is C14H16N2O2S. The smallest absolute Gasteiger partial charge is 0.255 e. The first-order valence-corrected chi connectivity index (χ1v) is 7.62. The van der Waals surface area contributed by atoms with E-state index < -0.39 is 9.73 Å². The van der Waals surface area contributed by atoms with Crippen molar-refractivity contribution in [3.63, 3.8) is 0 Å². The second-order valence-corrected chi connectivity index (χ2v) is 6.58. The molecular weight excluding hydrogens is 260 g/mol. The van der Waals surface area contributed by atoms with E-state index in [1.165, 1.54) is 29.9 Å². The summed E-state index contributed by atoms with van der Waals surface area (Å²) in [6, 6.07) is 9.94. The van der Waals surface area contributed by atoms with Crippen molar-refractivity contribution >= 4 is 9.73 Å². The quantitative estimate of drug-likeness (QED) is 0.865. The molecule has 0 aliphatic carbocycles. The van der Waals surface area contributed by atoms with Crippen LogP contribution in [0.25, 0.3) is 5.69 Å². The van der Waals surface area contributed by atoms with Crippen LogP contribution < -0.4 is 5.56 Å². The molecule has 0 aliphatic heterocycles. The summed E-state index contributed by atoms with van der Waals surface area (Å²) < 4.78 is 25.6. The van der Waals surface area contributed by atoms with Crippen LogP contribution >= 0.6 is 0 Å². The number of pyridine rings is 1. The molecule has 1 aromatic carbocycles. The Morgan fingerprint density at radius 3 is 2.68 bits per heavy atom. The van der Waals surface area contributed by atoms with Gasteiger partial charge < -0.3 is 0 Å². The minimum Gasteiger partial charge on any atom is -0.283 e. The average Bonchev–Trinajstić information content (AvgIpc) is 2.46. The third-order valence-corrected chi connectivity index (χ3v) is 5.32. The molecule has 2 rings (SSSR count). The molecule has 5 heteroatoms. The maximum absolute atomic E-state index is 12.8. The average molecular weight is 278 g/mol. The molecule has 1 unspecified atom stereocenters. The number of rotatable bonds is 3. The highest BCUT2D eigenvalue weighted by molar-refractivity contribution is 7.93. The lowest BCUT2D eigenvalue weighted by Gasteiger charge is -2.14. The van der Waals surface area contributed by atoms with Crippen LogP contribution in [0.15, 0.2) is 62.7 Å². The van der Waals surface area contributed by atoms with Gasteiger partial charge in [0.15, 0.2) is 0 Å². The monoisotopic (exact) mass is 278 g/mol. The van der Waals surface area contributed by atoms with Gasteiger partial charge in [0.1, 0.15) is 0 Å². The minimum atomic E-state index is -2.53. The van der Waals surface area contributed by atoms with Gasteiger partial charge in [-0.05, 0) is 18.2 Å². The summed E-state index contributed by atoms with van der Waals surface area (Å²) in [6.07, 6.45) is 1.52. The third kappa shape index (κ3) is 2.46. The molecule has 1 aromatic heterocycles. The molecule has 2 aromatic rings. The van der Waals surface area contributed by atoms with Crippen LogP contribution in [0.2, 0.25) is 0 Å². The Kier molecular flexibility index (Phi) is 3.46. The molecule has 4 nitrogen and oxygen atoms in total. The second-order valence-electron chi connectivity index (χ2n) is 3.91. The summed E-state index contributed by atoms with van der Waals surface area (Å²) >= 11 is 0. The van der Waals surface area contributed by atoms with Crippen LogP contribution in [0, 0.1) is 0 Å². The van der Waals surface area contributed by atoms with Gasteiger partial charge in [-0.15, -0.1) is 0 Å². The van der Waals surface area contributed by atoms with E-state index in [4.69, 9.17) is 1.37 Å². The van der Waals surface area contributed by atoms with E-state index in [0.29, 0.717) is 16.3 Å². The van der Waals surface area contributed by atoms with Crippen molar-refractivity contribution in [2.45, 2.75) is 11.8 Å². The molecule has 0 bridgehead atoms. The predicted octanol–water partition coefficient (Wildman–Crippen LogP) is 2.31. The van der Waals surface area contributed by atoms with Crippen LogP contribution in [0.1, 0.15) is 8.29 Å². The fraction of sp³-hybridized carbons (Fsp3) is 0.214. The molecule has 0 aliphatic rings. The molecule has 0 N–H and O–H groups in total. The molecule has 0 fully saturated rings. The van der Waals surface area contributed by atoms with Gasteiger partial charge in [0.2, 0.25) is 0 Å². The predicted molar refractivity (Wildman–Crippen MR) is 77.3 cm³/mol. The Balaban J connectivity index is 2.78. The zero-order valence-electron chi connectivity index (χ0n) is 11.9. The van der Waals surface area contributed by atoms with E-state index in [9.17, 15) is 9.00 Å². The summed E-state index contributed by atoms with van der Waals surface area (Å²) in [5, 5.41) is 0. The summed E-state index contributed by atoms with van der Waals surface area (Å²) in [7, 11) is -1.00. The van der Waals surface area contributed by atoms with Crippen molar-refractivity contribution in [1.82, 2.24) is 4.57 Å². The van der Waals surface area contributed by atoms with Crippen molar-refractivity contribution in [3.05, 3.63) is 59.0 Å². The van der Waals surface area contributed by atoms with E-state index in [-0.39, 0.29) is 11.6 Å². The van der Waals surface area contributed by atoms with Crippen molar-refractivity contribution in [2.75, 3.05) is 12.8 Å². The zero-order chi connectivity index (χ0) is 14.8. The summed E-state index contributed by atoms with van der Waals surface area (Å²) in [4.78, 5) is 12.6. The minimum absolute atomic E-state index is 0.153. The van der Waals surface area contributed by atoms with E-state index in [1.54, 1.807) is 24.3 Å². The van der Waals surface area contributed by atoms with E-state index in [1.807, 2.05) is 6.92 Å². The number of benzene rings is 1. The van der Waals surface area contributed by atoms with E-state index >= 15 is 0 Å². The summed E-state index contributed by atoms with van der Waals surface area (Å²) in [6.45, 7) is 1.81. The lowest BCUT2D eigenvalue weighted by molar-refractivity contribution is 0.676. The third-order valence-electron chi connectivity index (χ3n) is 2.92. The highest BCUT2D eigenvalue weighted by atomic mass is 32.2. The van der Waals surface area contributed by atoms with Crippen LogP contribution in [0.4, 0.5) is 0 Å². The van der Waals surface area contributed by atoms with Crippen molar-refractivity contribution < 1.29 is 5.58 Å².